The van der Waals surface area contributed by atoms with Gasteiger partial charge in [0.2, 0.25) is 0 Å². The van der Waals surface area contributed by atoms with E-state index < -0.39 is 10.0 Å². The van der Waals surface area contributed by atoms with Crippen LogP contribution in [-0.4, -0.2) is 15.5 Å². The molecule has 2 N–H and O–H groups in total. The Balaban J connectivity index is 2.40. The van der Waals surface area contributed by atoms with E-state index >= 15 is 0 Å². The van der Waals surface area contributed by atoms with Crippen LogP contribution in [0, 0.1) is 3.57 Å². The number of sulfonamides is 1. The fourth-order valence-corrected chi connectivity index (χ4v) is 4.61. The number of halogens is 2. The van der Waals surface area contributed by atoms with E-state index in [2.05, 4.69) is 48.6 Å². The highest BCUT2D eigenvalue weighted by molar-refractivity contribution is 14.1. The van der Waals surface area contributed by atoms with Crippen molar-refractivity contribution in [1.29, 1.82) is 0 Å². The maximum atomic E-state index is 12.6. The van der Waals surface area contributed by atoms with Crippen LogP contribution in [0.3, 0.4) is 0 Å². The third kappa shape index (κ3) is 4.18. The van der Waals surface area contributed by atoms with Crippen LogP contribution >= 0.6 is 38.5 Å². The second-order valence-electron chi connectivity index (χ2n) is 4.38. The minimum atomic E-state index is -3.64. The average molecular weight is 481 g/mol. The first-order valence-electron chi connectivity index (χ1n) is 6.14. The van der Waals surface area contributed by atoms with Crippen LogP contribution in [0.15, 0.2) is 51.8 Å². The van der Waals surface area contributed by atoms with Crippen LogP contribution in [0.25, 0.3) is 0 Å². The Morgan fingerprint density at radius 3 is 2.57 bits per heavy atom. The molecule has 0 radical (unpaired) electrons. The summed E-state index contributed by atoms with van der Waals surface area (Å²) in [5.41, 5.74) is 1.48. The van der Waals surface area contributed by atoms with E-state index in [0.717, 1.165) is 9.13 Å². The van der Waals surface area contributed by atoms with Crippen LogP contribution in [0.2, 0.25) is 0 Å². The molecule has 0 aliphatic rings. The first kappa shape index (κ1) is 16.7. The van der Waals surface area contributed by atoms with E-state index in [1.54, 1.807) is 24.3 Å². The molecule has 0 atom stereocenters. The molecule has 0 saturated carbocycles. The average Bonchev–Trinajstić information content (AvgIpc) is 2.43. The molecular formula is C14H14BrIN2O2S. The molecule has 0 aliphatic heterocycles. The minimum absolute atomic E-state index is 0.231. The van der Waals surface area contributed by atoms with Gasteiger partial charge >= 0.3 is 0 Å². The number of nitrogens with one attached hydrogen (secondary N) is 2. The lowest BCUT2D eigenvalue weighted by atomic mass is 10.2. The van der Waals surface area contributed by atoms with Gasteiger partial charge < -0.3 is 5.32 Å². The highest BCUT2D eigenvalue weighted by Crippen LogP contribution is 2.27. The van der Waals surface area contributed by atoms with E-state index in [0.29, 0.717) is 16.7 Å². The fourth-order valence-electron chi connectivity index (χ4n) is 1.81. The van der Waals surface area contributed by atoms with Gasteiger partial charge in [-0.05, 0) is 75.4 Å². The van der Waals surface area contributed by atoms with Crippen LogP contribution in [0.1, 0.15) is 5.56 Å². The number of benzene rings is 2. The second kappa shape index (κ2) is 7.08. The van der Waals surface area contributed by atoms with Crippen molar-refractivity contribution < 1.29 is 8.42 Å². The van der Waals surface area contributed by atoms with Gasteiger partial charge in [0.05, 0.1) is 5.69 Å². The summed E-state index contributed by atoms with van der Waals surface area (Å²) >= 11 is 5.41. The summed E-state index contributed by atoms with van der Waals surface area (Å²) in [7, 11) is -1.82. The van der Waals surface area contributed by atoms with Gasteiger partial charge in [0.15, 0.2) is 0 Å². The first-order valence-corrected chi connectivity index (χ1v) is 9.50. The molecule has 4 nitrogen and oxygen atoms in total. The molecule has 0 bridgehead atoms. The predicted molar refractivity (Wildman–Crippen MR) is 96.9 cm³/mol. The standard InChI is InChI=1S/C14H14BrIN2O2S/c1-17-9-10-6-7-11(15)14(8-10)21(19,20)18-13-5-3-2-4-12(13)16/h2-8,17-18H,9H2,1H3. The molecule has 2 aromatic carbocycles. The van der Waals surface area contributed by atoms with Gasteiger partial charge in [-0.1, -0.05) is 18.2 Å². The van der Waals surface area contributed by atoms with Crippen molar-refractivity contribution in [2.24, 2.45) is 0 Å². The molecule has 2 rings (SSSR count). The molecule has 2 aromatic rings. The quantitative estimate of drug-likeness (QED) is 0.643. The molecule has 0 unspecified atom stereocenters. The SMILES string of the molecule is CNCc1ccc(Br)c(S(=O)(=O)Nc2ccccc2I)c1. The van der Waals surface area contributed by atoms with Crippen molar-refractivity contribution in [2.75, 3.05) is 11.8 Å². The van der Waals surface area contributed by atoms with E-state index in [4.69, 9.17) is 0 Å². The van der Waals surface area contributed by atoms with Crippen molar-refractivity contribution in [3.63, 3.8) is 0 Å². The largest absolute Gasteiger partial charge is 0.316 e. The first-order chi connectivity index (χ1) is 9.94. The zero-order chi connectivity index (χ0) is 15.5. The molecule has 7 heteroatoms. The molecule has 0 aromatic heterocycles. The van der Waals surface area contributed by atoms with Crippen LogP contribution in [0.5, 0.6) is 0 Å². The number of hydrogen-bond donors (Lipinski definition) is 2. The molecule has 0 fully saturated rings. The van der Waals surface area contributed by atoms with Crippen molar-refractivity contribution in [3.8, 4) is 0 Å². The monoisotopic (exact) mass is 480 g/mol. The Kier molecular flexibility index (Phi) is 5.64. The van der Waals surface area contributed by atoms with Gasteiger partial charge in [-0.3, -0.25) is 4.72 Å². The molecule has 0 saturated heterocycles. The van der Waals surface area contributed by atoms with Gasteiger partial charge in [-0.15, -0.1) is 0 Å². The Labute approximate surface area is 146 Å². The van der Waals surface area contributed by atoms with E-state index in [-0.39, 0.29) is 4.90 Å². The third-order valence-corrected chi connectivity index (χ3v) is 6.08. The summed E-state index contributed by atoms with van der Waals surface area (Å²) in [5.74, 6) is 0. The highest BCUT2D eigenvalue weighted by Gasteiger charge is 2.19. The highest BCUT2D eigenvalue weighted by atomic mass is 127. The number of rotatable bonds is 5. The normalized spacial score (nSPS) is 11.4. The van der Waals surface area contributed by atoms with Gasteiger partial charge in [0.1, 0.15) is 4.90 Å². The topological polar surface area (TPSA) is 58.2 Å². The van der Waals surface area contributed by atoms with Crippen molar-refractivity contribution in [1.82, 2.24) is 5.32 Å². The zero-order valence-corrected chi connectivity index (χ0v) is 15.8. The van der Waals surface area contributed by atoms with Gasteiger partial charge in [0.25, 0.3) is 10.0 Å². The smallest absolute Gasteiger partial charge is 0.263 e. The maximum Gasteiger partial charge on any atom is 0.263 e. The minimum Gasteiger partial charge on any atom is -0.316 e. The summed E-state index contributed by atoms with van der Waals surface area (Å²) in [6.45, 7) is 0.610. The molecule has 0 aliphatic carbocycles. The van der Waals surface area contributed by atoms with Gasteiger partial charge in [-0.2, -0.15) is 0 Å². The number of anilines is 1. The summed E-state index contributed by atoms with van der Waals surface area (Å²) in [5, 5.41) is 3.01. The van der Waals surface area contributed by atoms with Crippen molar-refractivity contribution in [3.05, 3.63) is 56.1 Å². The Hall–Kier alpha value is -0.640. The van der Waals surface area contributed by atoms with Crippen LogP contribution in [-0.2, 0) is 16.6 Å². The Morgan fingerprint density at radius 2 is 1.90 bits per heavy atom. The predicted octanol–water partition coefficient (Wildman–Crippen LogP) is 3.57. The van der Waals surface area contributed by atoms with E-state index in [9.17, 15) is 8.42 Å². The lowest BCUT2D eigenvalue weighted by Crippen LogP contribution is -2.15. The summed E-state index contributed by atoms with van der Waals surface area (Å²) in [6, 6.07) is 12.5. The molecule has 21 heavy (non-hydrogen) atoms. The summed E-state index contributed by atoms with van der Waals surface area (Å²) in [6.07, 6.45) is 0. The molecule has 0 amide bonds. The molecule has 0 heterocycles. The van der Waals surface area contributed by atoms with Crippen molar-refractivity contribution >= 4 is 54.2 Å². The Bertz CT molecular complexity index is 750. The number of para-hydroxylation sites is 1. The second-order valence-corrected chi connectivity index (χ2v) is 8.05. The van der Waals surface area contributed by atoms with Crippen LogP contribution in [0.4, 0.5) is 5.69 Å². The van der Waals surface area contributed by atoms with Crippen LogP contribution < -0.4 is 10.0 Å². The summed E-state index contributed by atoms with van der Waals surface area (Å²) < 4.78 is 29.2. The molecule has 0 spiro atoms. The number of hydrogen-bond acceptors (Lipinski definition) is 3. The maximum absolute atomic E-state index is 12.6. The lowest BCUT2D eigenvalue weighted by Gasteiger charge is -2.12. The Morgan fingerprint density at radius 1 is 1.19 bits per heavy atom. The zero-order valence-electron chi connectivity index (χ0n) is 11.2. The molecular weight excluding hydrogens is 467 g/mol. The van der Waals surface area contributed by atoms with Gasteiger partial charge in [-0.25, -0.2) is 8.42 Å². The molecule has 112 valence electrons. The fraction of sp³-hybridized carbons (Fsp3) is 0.143. The lowest BCUT2D eigenvalue weighted by molar-refractivity contribution is 0.600. The summed E-state index contributed by atoms with van der Waals surface area (Å²) in [4.78, 5) is 0.231. The van der Waals surface area contributed by atoms with E-state index in [1.165, 1.54) is 0 Å². The third-order valence-electron chi connectivity index (χ3n) is 2.78. The van der Waals surface area contributed by atoms with Crippen molar-refractivity contribution in [2.45, 2.75) is 11.4 Å². The van der Waals surface area contributed by atoms with E-state index in [1.807, 2.05) is 25.2 Å². The van der Waals surface area contributed by atoms with Gasteiger partial charge in [0, 0.05) is 14.6 Å².